The minimum absolute atomic E-state index is 0.0991. The summed E-state index contributed by atoms with van der Waals surface area (Å²) >= 11 is 4.08. The highest BCUT2D eigenvalue weighted by Crippen LogP contribution is 2.39. The number of benzene rings is 1. The normalized spacial score (nSPS) is 17.0. The van der Waals surface area contributed by atoms with Crippen molar-refractivity contribution in [1.82, 2.24) is 9.97 Å². The molecule has 110 valence electrons. The van der Waals surface area contributed by atoms with Crippen LogP contribution in [-0.4, -0.2) is 22.3 Å². The van der Waals surface area contributed by atoms with Gasteiger partial charge >= 0.3 is 0 Å². The van der Waals surface area contributed by atoms with E-state index in [1.54, 1.807) is 11.8 Å². The van der Waals surface area contributed by atoms with E-state index in [-0.39, 0.29) is 6.10 Å². The lowest BCUT2D eigenvalue weighted by Crippen LogP contribution is -2.19. The first kappa shape index (κ1) is 14.9. The first-order chi connectivity index (χ1) is 10.2. The summed E-state index contributed by atoms with van der Waals surface area (Å²) in [6, 6.07) is 8.11. The van der Waals surface area contributed by atoms with Gasteiger partial charge in [-0.2, -0.15) is 0 Å². The fraction of sp³-hybridized carbons (Fsp3) is 0.333. The molecule has 0 saturated heterocycles. The average Bonchev–Trinajstić information content (AvgIpc) is 2.51. The maximum absolute atomic E-state index is 6.07. The molecule has 1 aliphatic heterocycles. The number of halogens is 1. The van der Waals surface area contributed by atoms with Crippen molar-refractivity contribution in [1.29, 1.82) is 0 Å². The second kappa shape index (κ2) is 6.39. The van der Waals surface area contributed by atoms with Gasteiger partial charge in [0.2, 0.25) is 0 Å². The van der Waals surface area contributed by atoms with E-state index in [0.717, 1.165) is 39.0 Å². The van der Waals surface area contributed by atoms with Crippen molar-refractivity contribution in [2.75, 3.05) is 17.6 Å². The van der Waals surface area contributed by atoms with Crippen molar-refractivity contribution < 1.29 is 4.74 Å². The maximum atomic E-state index is 6.07. The first-order valence-corrected chi connectivity index (χ1v) is 8.92. The van der Waals surface area contributed by atoms with Crippen LogP contribution in [0.25, 0.3) is 0 Å². The van der Waals surface area contributed by atoms with Crippen LogP contribution in [0.5, 0.6) is 5.75 Å². The van der Waals surface area contributed by atoms with Crippen LogP contribution >= 0.6 is 34.4 Å². The van der Waals surface area contributed by atoms with Gasteiger partial charge in [0.05, 0.1) is 9.26 Å². The van der Waals surface area contributed by atoms with E-state index in [1.165, 1.54) is 4.90 Å². The summed E-state index contributed by atoms with van der Waals surface area (Å²) in [4.78, 5) is 10.4. The number of thioether (sulfide) groups is 1. The smallest absolute Gasteiger partial charge is 0.172 e. The van der Waals surface area contributed by atoms with Crippen LogP contribution in [0, 0.1) is 10.5 Å². The Labute approximate surface area is 142 Å². The van der Waals surface area contributed by atoms with Crippen molar-refractivity contribution in [3.63, 3.8) is 0 Å². The molecule has 0 spiro atoms. The van der Waals surface area contributed by atoms with Crippen molar-refractivity contribution in [2.24, 2.45) is 0 Å². The Kier molecular flexibility index (Phi) is 4.54. The van der Waals surface area contributed by atoms with Gasteiger partial charge in [0.25, 0.3) is 0 Å². The molecule has 0 aliphatic carbocycles. The van der Waals surface area contributed by atoms with Crippen LogP contribution in [0.1, 0.15) is 24.5 Å². The van der Waals surface area contributed by atoms with Gasteiger partial charge in [-0.3, -0.25) is 0 Å². The van der Waals surface area contributed by atoms with E-state index in [4.69, 9.17) is 4.74 Å². The van der Waals surface area contributed by atoms with Crippen LogP contribution in [-0.2, 0) is 0 Å². The average molecular weight is 413 g/mol. The number of ether oxygens (including phenoxy) is 1. The van der Waals surface area contributed by atoms with Gasteiger partial charge in [0, 0.05) is 17.2 Å². The lowest BCUT2D eigenvalue weighted by atomic mass is 10.3. The second-order valence-corrected chi connectivity index (χ2v) is 6.86. The molecule has 1 aliphatic rings. The van der Waals surface area contributed by atoms with Crippen molar-refractivity contribution in [2.45, 2.75) is 24.8 Å². The minimum Gasteiger partial charge on any atom is -0.480 e. The number of para-hydroxylation sites is 1. The van der Waals surface area contributed by atoms with Crippen molar-refractivity contribution in [3.05, 3.63) is 39.4 Å². The molecular formula is C15H16IN3OS. The zero-order chi connectivity index (χ0) is 14.8. The zero-order valence-corrected chi connectivity index (χ0v) is 14.9. The van der Waals surface area contributed by atoms with Gasteiger partial charge in [-0.15, -0.1) is 11.8 Å². The molecule has 2 aromatic rings. The highest BCUT2D eigenvalue weighted by molar-refractivity contribution is 14.1. The number of rotatable bonds is 3. The molecule has 0 amide bonds. The first-order valence-electron chi connectivity index (χ1n) is 6.85. The number of nitrogens with one attached hydrogen (secondary N) is 1. The van der Waals surface area contributed by atoms with E-state index in [2.05, 4.69) is 50.9 Å². The number of anilines is 1. The maximum Gasteiger partial charge on any atom is 0.172 e. The third kappa shape index (κ3) is 3.11. The second-order valence-electron chi connectivity index (χ2n) is 4.72. The summed E-state index contributed by atoms with van der Waals surface area (Å²) in [5, 5.41) is 3.29. The molecule has 0 fully saturated rings. The minimum atomic E-state index is -0.0991. The van der Waals surface area contributed by atoms with Crippen LogP contribution in [0.3, 0.4) is 0 Å². The number of aryl methyl sites for hydroxylation is 1. The highest BCUT2D eigenvalue weighted by Gasteiger charge is 2.25. The van der Waals surface area contributed by atoms with Crippen LogP contribution < -0.4 is 10.1 Å². The van der Waals surface area contributed by atoms with E-state index >= 15 is 0 Å². The van der Waals surface area contributed by atoms with E-state index in [0.29, 0.717) is 0 Å². The molecule has 3 rings (SSSR count). The standard InChI is InChI=1S/C15H16IN3OS/c1-3-17-15-13(16)9(2)18-14(19-15)11-8-21-12-7-5-4-6-10(12)20-11/h4-7,11H,3,8H2,1-2H3,(H,17,18,19). The Morgan fingerprint density at radius 2 is 2.19 bits per heavy atom. The summed E-state index contributed by atoms with van der Waals surface area (Å²) < 4.78 is 7.14. The Hall–Kier alpha value is -1.02. The SMILES string of the molecule is CCNc1nc(C2CSc3ccccc3O2)nc(C)c1I. The van der Waals surface area contributed by atoms with Gasteiger partial charge in [-0.1, -0.05) is 12.1 Å². The molecular weight excluding hydrogens is 397 g/mol. The Morgan fingerprint density at radius 1 is 1.38 bits per heavy atom. The predicted octanol–water partition coefficient (Wildman–Crippen LogP) is 4.05. The molecule has 4 nitrogen and oxygen atoms in total. The Balaban J connectivity index is 1.91. The van der Waals surface area contributed by atoms with E-state index in [9.17, 15) is 0 Å². The molecule has 0 saturated carbocycles. The topological polar surface area (TPSA) is 47.0 Å². The number of fused-ring (bicyclic) bond motifs is 1. The van der Waals surface area contributed by atoms with E-state index in [1.807, 2.05) is 25.1 Å². The largest absolute Gasteiger partial charge is 0.480 e. The monoisotopic (exact) mass is 413 g/mol. The molecule has 1 aromatic heterocycles. The molecule has 2 heterocycles. The van der Waals surface area contributed by atoms with Crippen LogP contribution in [0.4, 0.5) is 5.82 Å². The number of hydrogen-bond donors (Lipinski definition) is 1. The van der Waals surface area contributed by atoms with E-state index < -0.39 is 0 Å². The highest BCUT2D eigenvalue weighted by atomic mass is 127. The van der Waals surface area contributed by atoms with Crippen LogP contribution in [0.15, 0.2) is 29.2 Å². The molecule has 1 unspecified atom stereocenters. The molecule has 1 N–H and O–H groups in total. The lowest BCUT2D eigenvalue weighted by Gasteiger charge is -2.25. The Bertz CT molecular complexity index is 665. The van der Waals surface area contributed by atoms with Gasteiger partial charge in [-0.05, 0) is 48.6 Å². The van der Waals surface area contributed by atoms with Gasteiger partial charge in [0.15, 0.2) is 11.9 Å². The number of nitrogens with zero attached hydrogens (tertiary/aromatic N) is 2. The summed E-state index contributed by atoms with van der Waals surface area (Å²) in [5.41, 5.74) is 0.990. The molecule has 1 aromatic carbocycles. The molecule has 0 radical (unpaired) electrons. The van der Waals surface area contributed by atoms with Crippen molar-refractivity contribution in [3.8, 4) is 5.75 Å². The van der Waals surface area contributed by atoms with Gasteiger partial charge in [0.1, 0.15) is 11.6 Å². The molecule has 1 atom stereocenters. The third-order valence-corrected chi connectivity index (χ3v) is 5.58. The van der Waals surface area contributed by atoms with Crippen LogP contribution in [0.2, 0.25) is 0 Å². The lowest BCUT2D eigenvalue weighted by molar-refractivity contribution is 0.210. The fourth-order valence-corrected chi connectivity index (χ4v) is 3.57. The molecule has 6 heteroatoms. The van der Waals surface area contributed by atoms with Gasteiger partial charge < -0.3 is 10.1 Å². The van der Waals surface area contributed by atoms with Gasteiger partial charge in [-0.25, -0.2) is 9.97 Å². The summed E-state index contributed by atoms with van der Waals surface area (Å²) in [7, 11) is 0. The summed E-state index contributed by atoms with van der Waals surface area (Å²) in [6.45, 7) is 4.92. The summed E-state index contributed by atoms with van der Waals surface area (Å²) in [5.74, 6) is 3.41. The Morgan fingerprint density at radius 3 is 3.00 bits per heavy atom. The number of hydrogen-bond acceptors (Lipinski definition) is 5. The summed E-state index contributed by atoms with van der Waals surface area (Å²) in [6.07, 6.45) is -0.0991. The molecule has 0 bridgehead atoms. The third-order valence-electron chi connectivity index (χ3n) is 3.17. The predicted molar refractivity (Wildman–Crippen MR) is 94.2 cm³/mol. The van der Waals surface area contributed by atoms with Crippen molar-refractivity contribution >= 4 is 40.2 Å². The quantitative estimate of drug-likeness (QED) is 0.770. The fourth-order valence-electron chi connectivity index (χ4n) is 2.16. The number of aromatic nitrogens is 2. The molecule has 21 heavy (non-hydrogen) atoms. The zero-order valence-electron chi connectivity index (χ0n) is 11.9.